The summed E-state index contributed by atoms with van der Waals surface area (Å²) in [5, 5.41) is 4.06. The van der Waals surface area contributed by atoms with E-state index in [2.05, 4.69) is 16.3 Å². The van der Waals surface area contributed by atoms with Crippen molar-refractivity contribution < 1.29 is 4.74 Å². The average molecular weight is 241 g/mol. The number of nitrogens with zero attached hydrogens (tertiary/aromatic N) is 1. The van der Waals surface area contributed by atoms with Crippen molar-refractivity contribution in [2.24, 2.45) is 0 Å². The molecular formula is C12H17ClN2O. The van der Waals surface area contributed by atoms with Crippen LogP contribution >= 0.6 is 11.6 Å². The van der Waals surface area contributed by atoms with E-state index in [0.717, 1.165) is 31.9 Å². The molecule has 1 aromatic rings. The number of hydrogen-bond acceptors (Lipinski definition) is 3. The van der Waals surface area contributed by atoms with E-state index in [1.54, 1.807) is 7.11 Å². The number of ether oxygens (including phenoxy) is 1. The standard InChI is InChI=1S/C12H17ClN2O/c1-16-12-4-3-10(9-11(12)13)15-7-2-5-14-6-8-15/h3-4,9,14H,2,5-8H2,1H3. The summed E-state index contributed by atoms with van der Waals surface area (Å²) in [6.45, 7) is 4.24. The zero-order valence-corrected chi connectivity index (χ0v) is 10.3. The van der Waals surface area contributed by atoms with E-state index in [4.69, 9.17) is 16.3 Å². The lowest BCUT2D eigenvalue weighted by atomic mass is 10.2. The first-order valence-corrected chi connectivity index (χ1v) is 5.98. The van der Waals surface area contributed by atoms with Crippen molar-refractivity contribution in [2.45, 2.75) is 6.42 Å². The fourth-order valence-electron chi connectivity index (χ4n) is 1.96. The molecule has 0 bridgehead atoms. The molecule has 1 N–H and O–H groups in total. The molecule has 0 saturated carbocycles. The van der Waals surface area contributed by atoms with Crippen molar-refractivity contribution >= 4 is 17.3 Å². The molecule has 1 aliphatic heterocycles. The van der Waals surface area contributed by atoms with Crippen molar-refractivity contribution in [3.8, 4) is 5.75 Å². The van der Waals surface area contributed by atoms with Gasteiger partial charge < -0.3 is 15.0 Å². The SMILES string of the molecule is COc1ccc(N2CCCNCC2)cc1Cl. The van der Waals surface area contributed by atoms with Gasteiger partial charge in [-0.2, -0.15) is 0 Å². The molecule has 4 heteroatoms. The maximum atomic E-state index is 6.12. The Morgan fingerprint density at radius 2 is 2.19 bits per heavy atom. The van der Waals surface area contributed by atoms with Crippen LogP contribution in [0, 0.1) is 0 Å². The van der Waals surface area contributed by atoms with Crippen molar-refractivity contribution in [1.29, 1.82) is 0 Å². The molecule has 1 heterocycles. The van der Waals surface area contributed by atoms with Gasteiger partial charge in [-0.1, -0.05) is 11.6 Å². The lowest BCUT2D eigenvalue weighted by molar-refractivity contribution is 0.415. The maximum Gasteiger partial charge on any atom is 0.137 e. The molecule has 0 amide bonds. The molecule has 2 rings (SSSR count). The van der Waals surface area contributed by atoms with Gasteiger partial charge in [-0.3, -0.25) is 0 Å². The van der Waals surface area contributed by atoms with E-state index < -0.39 is 0 Å². The van der Waals surface area contributed by atoms with Gasteiger partial charge in [-0.25, -0.2) is 0 Å². The molecule has 0 unspecified atom stereocenters. The third kappa shape index (κ3) is 2.60. The second kappa shape index (κ2) is 5.41. The summed E-state index contributed by atoms with van der Waals surface area (Å²) in [6.07, 6.45) is 1.17. The summed E-state index contributed by atoms with van der Waals surface area (Å²) in [6, 6.07) is 5.97. The van der Waals surface area contributed by atoms with E-state index in [-0.39, 0.29) is 0 Å². The third-order valence-electron chi connectivity index (χ3n) is 2.84. The second-order valence-corrected chi connectivity index (χ2v) is 4.32. The minimum Gasteiger partial charge on any atom is -0.495 e. The van der Waals surface area contributed by atoms with Crippen LogP contribution in [-0.2, 0) is 0 Å². The molecule has 0 spiro atoms. The van der Waals surface area contributed by atoms with Crippen LogP contribution in [0.3, 0.4) is 0 Å². The Balaban J connectivity index is 2.16. The molecule has 3 nitrogen and oxygen atoms in total. The zero-order chi connectivity index (χ0) is 11.4. The number of anilines is 1. The number of rotatable bonds is 2. The highest BCUT2D eigenvalue weighted by molar-refractivity contribution is 6.32. The van der Waals surface area contributed by atoms with E-state index in [1.165, 1.54) is 12.1 Å². The summed E-state index contributed by atoms with van der Waals surface area (Å²) < 4.78 is 5.15. The van der Waals surface area contributed by atoms with Crippen LogP contribution in [0.4, 0.5) is 5.69 Å². The zero-order valence-electron chi connectivity index (χ0n) is 9.50. The summed E-state index contributed by atoms with van der Waals surface area (Å²) in [7, 11) is 1.64. The van der Waals surface area contributed by atoms with Crippen LogP contribution in [0.2, 0.25) is 5.02 Å². The predicted molar refractivity (Wildman–Crippen MR) is 67.7 cm³/mol. The lowest BCUT2D eigenvalue weighted by Gasteiger charge is -2.22. The van der Waals surface area contributed by atoms with Crippen LogP contribution in [0.5, 0.6) is 5.75 Å². The summed E-state index contributed by atoms with van der Waals surface area (Å²) in [5.74, 6) is 0.735. The first-order chi connectivity index (χ1) is 7.81. The molecule has 1 aromatic carbocycles. The summed E-state index contributed by atoms with van der Waals surface area (Å²) in [4.78, 5) is 2.35. The smallest absolute Gasteiger partial charge is 0.137 e. The summed E-state index contributed by atoms with van der Waals surface area (Å²) >= 11 is 6.12. The molecular weight excluding hydrogens is 224 g/mol. The van der Waals surface area contributed by atoms with Gasteiger partial charge in [0.2, 0.25) is 0 Å². The molecule has 0 atom stereocenters. The Kier molecular flexibility index (Phi) is 3.91. The minimum absolute atomic E-state index is 0.678. The van der Waals surface area contributed by atoms with Gasteiger partial charge in [0.1, 0.15) is 5.75 Å². The fourth-order valence-corrected chi connectivity index (χ4v) is 2.21. The Hall–Kier alpha value is -0.930. The van der Waals surface area contributed by atoms with E-state index in [9.17, 15) is 0 Å². The molecule has 0 radical (unpaired) electrons. The minimum atomic E-state index is 0.678. The highest BCUT2D eigenvalue weighted by atomic mass is 35.5. The number of hydrogen-bond donors (Lipinski definition) is 1. The first-order valence-electron chi connectivity index (χ1n) is 5.60. The monoisotopic (exact) mass is 240 g/mol. The van der Waals surface area contributed by atoms with Gasteiger partial charge in [0.05, 0.1) is 12.1 Å². The van der Waals surface area contributed by atoms with Crippen LogP contribution < -0.4 is 15.0 Å². The van der Waals surface area contributed by atoms with Gasteiger partial charge in [0, 0.05) is 25.3 Å². The Labute approximate surface area is 101 Å². The van der Waals surface area contributed by atoms with Crippen LogP contribution in [0.15, 0.2) is 18.2 Å². The molecule has 16 heavy (non-hydrogen) atoms. The van der Waals surface area contributed by atoms with Crippen LogP contribution in [0.25, 0.3) is 0 Å². The van der Waals surface area contributed by atoms with Gasteiger partial charge in [-0.05, 0) is 31.2 Å². The van der Waals surface area contributed by atoms with Crippen molar-refractivity contribution in [2.75, 3.05) is 38.2 Å². The van der Waals surface area contributed by atoms with Crippen LogP contribution in [-0.4, -0.2) is 33.3 Å². The molecule has 0 aliphatic carbocycles. The van der Waals surface area contributed by atoms with E-state index in [0.29, 0.717) is 5.02 Å². The van der Waals surface area contributed by atoms with Crippen molar-refractivity contribution in [3.63, 3.8) is 0 Å². The molecule has 1 aliphatic rings. The van der Waals surface area contributed by atoms with Gasteiger partial charge in [0.25, 0.3) is 0 Å². The number of nitrogens with one attached hydrogen (secondary N) is 1. The quantitative estimate of drug-likeness (QED) is 0.858. The van der Waals surface area contributed by atoms with E-state index in [1.807, 2.05) is 12.1 Å². The molecule has 1 fully saturated rings. The molecule has 88 valence electrons. The van der Waals surface area contributed by atoms with Gasteiger partial charge in [0.15, 0.2) is 0 Å². The topological polar surface area (TPSA) is 24.5 Å². The average Bonchev–Trinajstić information content (AvgIpc) is 2.57. The third-order valence-corrected chi connectivity index (χ3v) is 3.14. The highest BCUT2D eigenvalue weighted by Crippen LogP contribution is 2.29. The number of benzene rings is 1. The van der Waals surface area contributed by atoms with Crippen molar-refractivity contribution in [3.05, 3.63) is 23.2 Å². The predicted octanol–water partition coefficient (Wildman–Crippen LogP) is 2.15. The Bertz CT molecular complexity index is 349. The fraction of sp³-hybridized carbons (Fsp3) is 0.500. The van der Waals surface area contributed by atoms with Gasteiger partial charge >= 0.3 is 0 Å². The largest absolute Gasteiger partial charge is 0.495 e. The maximum absolute atomic E-state index is 6.12. The first kappa shape index (κ1) is 11.6. The molecule has 0 aromatic heterocycles. The van der Waals surface area contributed by atoms with Crippen molar-refractivity contribution in [1.82, 2.24) is 5.32 Å². The second-order valence-electron chi connectivity index (χ2n) is 3.91. The van der Waals surface area contributed by atoms with Gasteiger partial charge in [-0.15, -0.1) is 0 Å². The molecule has 1 saturated heterocycles. The van der Waals surface area contributed by atoms with E-state index >= 15 is 0 Å². The lowest BCUT2D eigenvalue weighted by Crippen LogP contribution is -2.27. The number of halogens is 1. The number of methoxy groups -OCH3 is 1. The summed E-state index contributed by atoms with van der Waals surface area (Å²) in [5.41, 5.74) is 1.18. The Morgan fingerprint density at radius 3 is 2.94 bits per heavy atom. The van der Waals surface area contributed by atoms with Crippen LogP contribution in [0.1, 0.15) is 6.42 Å². The normalized spacial score (nSPS) is 17.0. The highest BCUT2D eigenvalue weighted by Gasteiger charge is 2.11. The Morgan fingerprint density at radius 1 is 1.31 bits per heavy atom.